The maximum Gasteiger partial charge on any atom is 0.449 e. The van der Waals surface area contributed by atoms with Crippen LogP contribution in [-0.2, 0) is 12.4 Å². The smallest absolute Gasteiger partial charge is 0.380 e. The van der Waals surface area contributed by atoms with Crippen LogP contribution >= 0.6 is 0 Å². The van der Waals surface area contributed by atoms with Crippen LogP contribution in [0.3, 0.4) is 0 Å². The molecule has 6 nitrogen and oxygen atoms in total. The van der Waals surface area contributed by atoms with Crippen LogP contribution in [-0.4, -0.2) is 20.9 Å². The molecule has 2 aromatic rings. The maximum atomic E-state index is 13.6. The first kappa shape index (κ1) is 20.2. The van der Waals surface area contributed by atoms with Gasteiger partial charge in [-0.3, -0.25) is 10.1 Å². The summed E-state index contributed by atoms with van der Waals surface area (Å²) in [6.07, 6.45) is -7.07. The zero-order valence-electron chi connectivity index (χ0n) is 14.5. The van der Waals surface area contributed by atoms with Crippen molar-refractivity contribution in [3.63, 3.8) is 0 Å². The number of anilines is 1. The lowest BCUT2D eigenvalue weighted by Gasteiger charge is -2.31. The van der Waals surface area contributed by atoms with E-state index in [2.05, 4.69) is 10.3 Å². The summed E-state index contributed by atoms with van der Waals surface area (Å²) in [4.78, 5) is 15.0. The summed E-state index contributed by atoms with van der Waals surface area (Å²) in [5, 5.41) is 13.9. The molecule has 1 aliphatic rings. The first-order valence-electron chi connectivity index (χ1n) is 8.51. The molecule has 1 saturated carbocycles. The van der Waals surface area contributed by atoms with Gasteiger partial charge in [-0.1, -0.05) is 19.8 Å². The minimum absolute atomic E-state index is 0.0129. The summed E-state index contributed by atoms with van der Waals surface area (Å²) in [6.45, 7) is 1.83. The quantitative estimate of drug-likeness (QED) is 0.398. The third-order valence-electron chi connectivity index (χ3n) is 4.96. The molecule has 2 unspecified atom stereocenters. The van der Waals surface area contributed by atoms with Crippen LogP contribution in [0.1, 0.15) is 44.0 Å². The summed E-state index contributed by atoms with van der Waals surface area (Å²) in [6, 6.07) is -0.165. The zero-order valence-corrected chi connectivity index (χ0v) is 14.5. The summed E-state index contributed by atoms with van der Waals surface area (Å²) < 4.78 is 79.9. The number of nitro groups is 1. The van der Waals surface area contributed by atoms with E-state index in [-0.39, 0.29) is 12.0 Å². The van der Waals surface area contributed by atoms with E-state index in [0.717, 1.165) is 19.3 Å². The second-order valence-corrected chi connectivity index (χ2v) is 6.89. The van der Waals surface area contributed by atoms with Gasteiger partial charge in [0.2, 0.25) is 5.82 Å². The fraction of sp³-hybridized carbons (Fsp3) is 0.562. The van der Waals surface area contributed by atoms with E-state index in [1.54, 1.807) is 4.98 Å². The molecule has 1 aliphatic carbocycles. The van der Waals surface area contributed by atoms with Crippen LogP contribution in [0.5, 0.6) is 0 Å². The van der Waals surface area contributed by atoms with Crippen LogP contribution in [0.4, 0.5) is 37.7 Å². The lowest BCUT2D eigenvalue weighted by Crippen LogP contribution is -2.31. The lowest BCUT2D eigenvalue weighted by atomic mass is 9.85. The number of fused-ring (bicyclic) bond motifs is 1. The van der Waals surface area contributed by atoms with Crippen molar-refractivity contribution < 1.29 is 31.3 Å². The molecule has 1 heterocycles. The largest absolute Gasteiger partial charge is 0.449 e. The maximum absolute atomic E-state index is 13.6. The first-order chi connectivity index (χ1) is 12.9. The number of alkyl halides is 6. The molecule has 1 fully saturated rings. The number of hydrogen-bond donors (Lipinski definition) is 2. The average molecular weight is 410 g/mol. The van der Waals surface area contributed by atoms with E-state index < -0.39 is 57.1 Å². The van der Waals surface area contributed by atoms with E-state index >= 15 is 0 Å². The number of nitrogens with zero attached hydrogens (tertiary/aromatic N) is 2. The van der Waals surface area contributed by atoms with Gasteiger partial charge in [-0.25, -0.2) is 4.98 Å². The van der Waals surface area contributed by atoms with E-state index in [4.69, 9.17) is 0 Å². The first-order valence-corrected chi connectivity index (χ1v) is 8.51. The Hall–Kier alpha value is -2.53. The number of halogens is 6. The second kappa shape index (κ2) is 6.82. The highest BCUT2D eigenvalue weighted by Crippen LogP contribution is 2.44. The van der Waals surface area contributed by atoms with Gasteiger partial charge in [0, 0.05) is 12.1 Å². The Labute approximate surface area is 154 Å². The SMILES string of the molecule is CC1CCCCC1Nc1c(C(F)(F)F)cc([N+](=O)[O-])c2[nH]c(C(F)(F)F)nc12. The van der Waals surface area contributed by atoms with Crippen molar-refractivity contribution in [3.05, 3.63) is 27.6 Å². The highest BCUT2D eigenvalue weighted by atomic mass is 19.4. The minimum atomic E-state index is -5.02. The van der Waals surface area contributed by atoms with Gasteiger partial charge < -0.3 is 10.3 Å². The van der Waals surface area contributed by atoms with Crippen molar-refractivity contribution in [1.82, 2.24) is 9.97 Å². The minimum Gasteiger partial charge on any atom is -0.380 e. The van der Waals surface area contributed by atoms with Crippen molar-refractivity contribution in [1.29, 1.82) is 0 Å². The zero-order chi connectivity index (χ0) is 20.9. The molecule has 0 radical (unpaired) electrons. The van der Waals surface area contributed by atoms with Crippen molar-refractivity contribution in [2.45, 2.75) is 51.0 Å². The number of hydrogen-bond acceptors (Lipinski definition) is 4. The standard InChI is InChI=1S/C16H16F6N4O2/c1-7-4-2-3-5-9(7)23-11-8(15(17,18)19)6-10(26(27)28)12-13(11)25-14(24-12)16(20,21)22/h6-7,9,23H,2-5H2,1H3,(H,24,25). The monoisotopic (exact) mass is 410 g/mol. The Balaban J connectivity index is 2.27. The van der Waals surface area contributed by atoms with Gasteiger partial charge in [-0.05, 0) is 18.8 Å². The number of non-ortho nitro benzene ring substituents is 1. The van der Waals surface area contributed by atoms with E-state index in [0.29, 0.717) is 6.42 Å². The fourth-order valence-corrected chi connectivity index (χ4v) is 3.51. The molecule has 3 rings (SSSR count). The lowest BCUT2D eigenvalue weighted by molar-refractivity contribution is -0.383. The number of benzene rings is 1. The Morgan fingerprint density at radius 1 is 1.18 bits per heavy atom. The van der Waals surface area contributed by atoms with Crippen LogP contribution < -0.4 is 5.32 Å². The average Bonchev–Trinajstić information content (AvgIpc) is 3.01. The normalized spacial score (nSPS) is 21.1. The number of nitrogens with one attached hydrogen (secondary N) is 2. The van der Waals surface area contributed by atoms with Gasteiger partial charge in [0.05, 0.1) is 16.2 Å². The van der Waals surface area contributed by atoms with Gasteiger partial charge in [0.25, 0.3) is 5.69 Å². The summed E-state index contributed by atoms with van der Waals surface area (Å²) >= 11 is 0. The van der Waals surface area contributed by atoms with E-state index in [1.807, 2.05) is 6.92 Å². The van der Waals surface area contributed by atoms with Crippen LogP contribution in [0, 0.1) is 16.0 Å². The number of aromatic amines is 1. The van der Waals surface area contributed by atoms with Gasteiger partial charge in [-0.15, -0.1) is 0 Å². The van der Waals surface area contributed by atoms with E-state index in [9.17, 15) is 36.5 Å². The molecule has 154 valence electrons. The summed E-state index contributed by atoms with van der Waals surface area (Å²) in [5.41, 5.74) is -4.64. The summed E-state index contributed by atoms with van der Waals surface area (Å²) in [7, 11) is 0. The molecule has 28 heavy (non-hydrogen) atoms. The molecule has 12 heteroatoms. The van der Waals surface area contributed by atoms with Crippen molar-refractivity contribution in [2.75, 3.05) is 5.32 Å². The molecule has 0 amide bonds. The van der Waals surface area contributed by atoms with Crippen molar-refractivity contribution >= 4 is 22.4 Å². The Bertz CT molecular complexity index is 905. The molecule has 0 aliphatic heterocycles. The summed E-state index contributed by atoms with van der Waals surface area (Å²) in [5.74, 6) is -1.61. The Morgan fingerprint density at radius 2 is 1.82 bits per heavy atom. The van der Waals surface area contributed by atoms with Crippen LogP contribution in [0.2, 0.25) is 0 Å². The molecule has 0 bridgehead atoms. The number of nitro benzene ring substituents is 1. The predicted octanol–water partition coefficient (Wildman–Crippen LogP) is 5.50. The molecule has 0 spiro atoms. The fourth-order valence-electron chi connectivity index (χ4n) is 3.51. The highest BCUT2D eigenvalue weighted by molar-refractivity contribution is 5.97. The number of imidazole rings is 1. The van der Waals surface area contributed by atoms with Crippen LogP contribution in [0.25, 0.3) is 11.0 Å². The molecule has 1 aromatic heterocycles. The van der Waals surface area contributed by atoms with Crippen molar-refractivity contribution in [2.24, 2.45) is 5.92 Å². The predicted molar refractivity (Wildman–Crippen MR) is 87.8 cm³/mol. The van der Waals surface area contributed by atoms with Gasteiger partial charge >= 0.3 is 12.4 Å². The topological polar surface area (TPSA) is 83.9 Å². The van der Waals surface area contributed by atoms with Crippen molar-refractivity contribution in [3.8, 4) is 0 Å². The molecular weight excluding hydrogens is 394 g/mol. The van der Waals surface area contributed by atoms with Gasteiger partial charge in [-0.2, -0.15) is 26.3 Å². The second-order valence-electron chi connectivity index (χ2n) is 6.89. The highest BCUT2D eigenvalue weighted by Gasteiger charge is 2.41. The Kier molecular flexibility index (Phi) is 4.92. The van der Waals surface area contributed by atoms with E-state index in [1.165, 1.54) is 0 Å². The number of aromatic nitrogens is 2. The number of rotatable bonds is 3. The molecule has 0 saturated heterocycles. The van der Waals surface area contributed by atoms with Gasteiger partial charge in [0.1, 0.15) is 11.0 Å². The molecule has 1 aromatic carbocycles. The molecule has 2 N–H and O–H groups in total. The third kappa shape index (κ3) is 3.72. The third-order valence-corrected chi connectivity index (χ3v) is 4.96. The molecular formula is C16H16F6N4O2. The van der Waals surface area contributed by atoms with Gasteiger partial charge in [0.15, 0.2) is 0 Å². The number of H-pyrrole nitrogens is 1. The van der Waals surface area contributed by atoms with Crippen LogP contribution in [0.15, 0.2) is 6.07 Å². The molecule has 2 atom stereocenters. The Morgan fingerprint density at radius 3 is 2.36 bits per heavy atom.